The molecular weight excluding hydrogens is 325 g/mol. The fourth-order valence-corrected chi connectivity index (χ4v) is 2.22. The number of ether oxygens (including phenoxy) is 3. The normalized spacial score (nSPS) is 18.6. The third-order valence-electron chi connectivity index (χ3n) is 3.49. The molecule has 0 bridgehead atoms. The average molecular weight is 344 g/mol. The van der Waals surface area contributed by atoms with Crippen LogP contribution in [0.3, 0.4) is 0 Å². The lowest BCUT2D eigenvalue weighted by Gasteiger charge is -2.19. The van der Waals surface area contributed by atoms with Crippen LogP contribution in [0.25, 0.3) is 6.08 Å². The number of esters is 1. The molecule has 0 spiro atoms. The van der Waals surface area contributed by atoms with Crippen molar-refractivity contribution in [3.8, 4) is 0 Å². The predicted molar refractivity (Wildman–Crippen MR) is 81.2 cm³/mol. The Morgan fingerprint density at radius 1 is 1.46 bits per heavy atom. The van der Waals surface area contributed by atoms with Gasteiger partial charge in [0.05, 0.1) is 31.5 Å². The van der Waals surface area contributed by atoms with E-state index in [4.69, 9.17) is 14.2 Å². The zero-order valence-electron chi connectivity index (χ0n) is 13.4. The Bertz CT molecular complexity index is 606. The smallest absolute Gasteiger partial charge is 0.416 e. The predicted octanol–water partition coefficient (Wildman–Crippen LogP) is 3.76. The Morgan fingerprint density at radius 3 is 2.75 bits per heavy atom. The van der Waals surface area contributed by atoms with Crippen molar-refractivity contribution in [3.05, 3.63) is 41.0 Å². The number of epoxide rings is 1. The standard InChI is InChI=1S/C17H19F3O4/c1-3-22-16(21)8-7-14-13(11(2)23-9-12-10-24-12)5-4-6-15(14)17(18,19)20/h4-8,11-12H,3,9-10H2,1-2H3/b8-7+/t11-,12+/m1/s1. The fourth-order valence-electron chi connectivity index (χ4n) is 2.22. The minimum atomic E-state index is -4.54. The van der Waals surface area contributed by atoms with Gasteiger partial charge >= 0.3 is 12.1 Å². The first-order valence-corrected chi connectivity index (χ1v) is 7.61. The third-order valence-corrected chi connectivity index (χ3v) is 3.49. The van der Waals surface area contributed by atoms with Crippen LogP contribution in [-0.4, -0.2) is 31.9 Å². The molecule has 2 rings (SSSR count). The summed E-state index contributed by atoms with van der Waals surface area (Å²) >= 11 is 0. The summed E-state index contributed by atoms with van der Waals surface area (Å²) in [6.45, 7) is 4.36. The summed E-state index contributed by atoms with van der Waals surface area (Å²) in [4.78, 5) is 11.4. The third kappa shape index (κ3) is 5.07. The van der Waals surface area contributed by atoms with Crippen molar-refractivity contribution < 1.29 is 32.2 Å². The lowest BCUT2D eigenvalue weighted by molar-refractivity contribution is -0.138. The number of carbonyl (C=O) groups excluding carboxylic acids is 1. The topological polar surface area (TPSA) is 48.1 Å². The van der Waals surface area contributed by atoms with E-state index in [1.807, 2.05) is 0 Å². The van der Waals surface area contributed by atoms with Gasteiger partial charge in [0, 0.05) is 6.08 Å². The molecule has 1 aliphatic heterocycles. The second-order valence-corrected chi connectivity index (χ2v) is 5.32. The number of alkyl halides is 3. The highest BCUT2D eigenvalue weighted by Gasteiger charge is 2.34. The minimum absolute atomic E-state index is 0.0109. The van der Waals surface area contributed by atoms with Gasteiger partial charge in [-0.2, -0.15) is 13.2 Å². The Labute approximate surface area is 138 Å². The number of halogens is 3. The van der Waals surface area contributed by atoms with Gasteiger partial charge in [-0.15, -0.1) is 0 Å². The molecule has 1 aliphatic rings. The van der Waals surface area contributed by atoms with E-state index >= 15 is 0 Å². The van der Waals surface area contributed by atoms with Crippen LogP contribution in [0.1, 0.15) is 36.6 Å². The highest BCUT2D eigenvalue weighted by atomic mass is 19.4. The van der Waals surface area contributed by atoms with E-state index in [1.54, 1.807) is 19.9 Å². The number of benzene rings is 1. The lowest BCUT2D eigenvalue weighted by atomic mass is 9.96. The van der Waals surface area contributed by atoms with Crippen LogP contribution in [0, 0.1) is 0 Å². The molecule has 1 fully saturated rings. The van der Waals surface area contributed by atoms with Gasteiger partial charge < -0.3 is 14.2 Å². The van der Waals surface area contributed by atoms with Gasteiger partial charge in [-0.1, -0.05) is 12.1 Å². The molecule has 1 heterocycles. The molecule has 7 heteroatoms. The van der Waals surface area contributed by atoms with Crippen LogP contribution >= 0.6 is 0 Å². The molecule has 0 unspecified atom stereocenters. The zero-order chi connectivity index (χ0) is 17.7. The first kappa shape index (κ1) is 18.5. The quantitative estimate of drug-likeness (QED) is 0.429. The maximum Gasteiger partial charge on any atom is 0.416 e. The highest BCUT2D eigenvalue weighted by Crippen LogP contribution is 2.36. The Kier molecular flexibility index (Phi) is 6.01. The first-order valence-electron chi connectivity index (χ1n) is 7.61. The molecule has 1 aromatic carbocycles. The summed E-state index contributed by atoms with van der Waals surface area (Å²) in [5.74, 6) is -0.694. The number of hydrogen-bond donors (Lipinski definition) is 0. The van der Waals surface area contributed by atoms with E-state index in [0.717, 1.165) is 18.2 Å². The van der Waals surface area contributed by atoms with Crippen LogP contribution < -0.4 is 0 Å². The maximum atomic E-state index is 13.3. The van der Waals surface area contributed by atoms with Crippen LogP contribution in [0.5, 0.6) is 0 Å². The van der Waals surface area contributed by atoms with E-state index in [1.165, 1.54) is 6.07 Å². The van der Waals surface area contributed by atoms with Gasteiger partial charge in [-0.25, -0.2) is 4.79 Å². The Morgan fingerprint density at radius 2 is 2.17 bits per heavy atom. The van der Waals surface area contributed by atoms with Gasteiger partial charge in [-0.3, -0.25) is 0 Å². The number of carbonyl (C=O) groups is 1. The molecule has 2 atom stereocenters. The molecule has 132 valence electrons. The monoisotopic (exact) mass is 344 g/mol. The van der Waals surface area contributed by atoms with E-state index in [-0.39, 0.29) is 18.3 Å². The molecule has 0 aliphatic carbocycles. The number of hydrogen-bond acceptors (Lipinski definition) is 4. The van der Waals surface area contributed by atoms with E-state index < -0.39 is 23.8 Å². The molecule has 1 saturated heterocycles. The van der Waals surface area contributed by atoms with Gasteiger partial charge in [0.25, 0.3) is 0 Å². The molecule has 1 aromatic rings. The SMILES string of the molecule is CCOC(=O)/C=C/c1c([C@@H](C)OC[C@H]2CO2)cccc1C(F)(F)F. The summed E-state index contributed by atoms with van der Waals surface area (Å²) < 4.78 is 55.2. The maximum absolute atomic E-state index is 13.3. The molecule has 4 nitrogen and oxygen atoms in total. The largest absolute Gasteiger partial charge is 0.463 e. The molecule has 0 saturated carbocycles. The van der Waals surface area contributed by atoms with Gasteiger partial charge in [0.2, 0.25) is 0 Å². The number of rotatable bonds is 7. The summed E-state index contributed by atoms with van der Waals surface area (Å²) in [5, 5.41) is 0. The Balaban J connectivity index is 2.31. The van der Waals surface area contributed by atoms with Crippen molar-refractivity contribution in [3.63, 3.8) is 0 Å². The molecule has 0 radical (unpaired) electrons. The van der Waals surface area contributed by atoms with Crippen molar-refractivity contribution >= 4 is 12.0 Å². The molecular formula is C17H19F3O4. The molecule has 0 amide bonds. The van der Waals surface area contributed by atoms with Gasteiger partial charge in [0.1, 0.15) is 6.10 Å². The van der Waals surface area contributed by atoms with Crippen molar-refractivity contribution in [2.75, 3.05) is 19.8 Å². The van der Waals surface area contributed by atoms with Crippen molar-refractivity contribution in [1.29, 1.82) is 0 Å². The van der Waals surface area contributed by atoms with Gasteiger partial charge in [0.15, 0.2) is 0 Å². The summed E-state index contributed by atoms with van der Waals surface area (Å²) in [6, 6.07) is 3.86. The van der Waals surface area contributed by atoms with Crippen molar-refractivity contribution in [1.82, 2.24) is 0 Å². The zero-order valence-corrected chi connectivity index (χ0v) is 13.4. The Hall–Kier alpha value is -1.86. The van der Waals surface area contributed by atoms with Crippen LogP contribution in [-0.2, 0) is 25.2 Å². The van der Waals surface area contributed by atoms with E-state index in [9.17, 15) is 18.0 Å². The van der Waals surface area contributed by atoms with Crippen LogP contribution in [0.4, 0.5) is 13.2 Å². The molecule has 24 heavy (non-hydrogen) atoms. The van der Waals surface area contributed by atoms with E-state index in [0.29, 0.717) is 18.8 Å². The summed E-state index contributed by atoms with van der Waals surface area (Å²) in [7, 11) is 0. The lowest BCUT2D eigenvalue weighted by Crippen LogP contribution is -2.13. The highest BCUT2D eigenvalue weighted by molar-refractivity contribution is 5.87. The second kappa shape index (κ2) is 7.81. The van der Waals surface area contributed by atoms with E-state index in [2.05, 4.69) is 0 Å². The molecule has 0 N–H and O–H groups in total. The fraction of sp³-hybridized carbons (Fsp3) is 0.471. The molecule has 0 aromatic heterocycles. The summed E-state index contributed by atoms with van der Waals surface area (Å²) in [6.07, 6.45) is -2.98. The average Bonchev–Trinajstić information content (AvgIpc) is 3.34. The van der Waals surface area contributed by atoms with Crippen LogP contribution in [0.15, 0.2) is 24.3 Å². The second-order valence-electron chi connectivity index (χ2n) is 5.32. The van der Waals surface area contributed by atoms with Crippen LogP contribution in [0.2, 0.25) is 0 Å². The van der Waals surface area contributed by atoms with Crippen molar-refractivity contribution in [2.45, 2.75) is 32.2 Å². The van der Waals surface area contributed by atoms with Gasteiger partial charge in [-0.05, 0) is 37.1 Å². The first-order chi connectivity index (χ1) is 11.3. The summed E-state index contributed by atoms with van der Waals surface area (Å²) in [5.41, 5.74) is -0.563. The minimum Gasteiger partial charge on any atom is -0.463 e. The van der Waals surface area contributed by atoms with Crippen molar-refractivity contribution in [2.24, 2.45) is 0 Å².